The molecule has 10 heavy (non-hydrogen) atoms. The highest BCUT2D eigenvalue weighted by molar-refractivity contribution is 5.93. The number of carbonyl (C=O) groups is 1. The lowest BCUT2D eigenvalue weighted by molar-refractivity contribution is 0.0963. The summed E-state index contributed by atoms with van der Waals surface area (Å²) in [4.78, 5) is 11.1. The van der Waals surface area contributed by atoms with E-state index in [-0.39, 0.29) is 23.6 Å². The zero-order chi connectivity index (χ0) is 9.14. The first-order chi connectivity index (χ1) is 5.66. The molecule has 1 amide bonds. The van der Waals surface area contributed by atoms with Crippen LogP contribution in [0.1, 0.15) is 13.1 Å². The number of rotatable bonds is 1. The van der Waals surface area contributed by atoms with Crippen molar-refractivity contribution in [2.75, 3.05) is 7.05 Å². The normalized spacial score (nSPS) is 11.7. The summed E-state index contributed by atoms with van der Waals surface area (Å²) in [5, 5.41) is 2.41. The van der Waals surface area contributed by atoms with Crippen LogP contribution in [0.3, 0.4) is 0 Å². The van der Waals surface area contributed by atoms with Gasteiger partial charge in [0.25, 0.3) is 5.91 Å². The van der Waals surface area contributed by atoms with Crippen LogP contribution < -0.4 is 5.32 Å². The number of benzene rings is 1. The van der Waals surface area contributed by atoms with E-state index in [4.69, 9.17) is 2.74 Å². The van der Waals surface area contributed by atoms with Gasteiger partial charge in [0.1, 0.15) is 0 Å². The minimum Gasteiger partial charge on any atom is -0.355 e. The molecule has 0 fully saturated rings. The summed E-state index contributed by atoms with van der Waals surface area (Å²) in [5.41, 5.74) is 0.241. The van der Waals surface area contributed by atoms with E-state index in [0.29, 0.717) is 0 Å². The SMILES string of the molecule is [2H]c1cccc(C(=O)NC)c1[2H]. The van der Waals surface area contributed by atoms with Crippen LogP contribution >= 0.6 is 0 Å². The first kappa shape index (κ1) is 4.50. The van der Waals surface area contributed by atoms with E-state index in [1.807, 2.05) is 0 Å². The lowest BCUT2D eigenvalue weighted by atomic mass is 10.2. The fourth-order valence-corrected chi connectivity index (χ4v) is 0.621. The molecule has 0 saturated heterocycles. The summed E-state index contributed by atoms with van der Waals surface area (Å²) < 4.78 is 14.6. The second kappa shape index (κ2) is 3.01. The van der Waals surface area contributed by atoms with E-state index >= 15 is 0 Å². The third kappa shape index (κ3) is 1.35. The van der Waals surface area contributed by atoms with Crippen LogP contribution in [0.4, 0.5) is 0 Å². The lowest BCUT2D eigenvalue weighted by Crippen LogP contribution is -2.17. The van der Waals surface area contributed by atoms with Crippen molar-refractivity contribution >= 4 is 5.91 Å². The quantitative estimate of drug-likeness (QED) is 0.615. The Bertz CT molecular complexity index is 312. The monoisotopic (exact) mass is 137 g/mol. The highest BCUT2D eigenvalue weighted by atomic mass is 16.1. The van der Waals surface area contributed by atoms with Gasteiger partial charge in [0.2, 0.25) is 0 Å². The number of carbonyl (C=O) groups excluding carboxylic acids is 1. The molecule has 0 bridgehead atoms. The molecule has 0 aromatic heterocycles. The van der Waals surface area contributed by atoms with Crippen LogP contribution in [0.5, 0.6) is 0 Å². The summed E-state index contributed by atoms with van der Waals surface area (Å²) >= 11 is 0. The van der Waals surface area contributed by atoms with Crippen molar-refractivity contribution in [2.45, 2.75) is 0 Å². The van der Waals surface area contributed by atoms with Crippen LogP contribution in [-0.4, -0.2) is 13.0 Å². The molecule has 52 valence electrons. The van der Waals surface area contributed by atoms with Gasteiger partial charge in [0.15, 0.2) is 0 Å². The second-order valence-electron chi connectivity index (χ2n) is 1.79. The highest BCUT2D eigenvalue weighted by Crippen LogP contribution is 1.96. The fourth-order valence-electron chi connectivity index (χ4n) is 0.621. The summed E-state index contributed by atoms with van der Waals surface area (Å²) in [7, 11) is 1.50. The van der Waals surface area contributed by atoms with Crippen molar-refractivity contribution < 1.29 is 7.54 Å². The Kier molecular flexibility index (Phi) is 1.35. The Morgan fingerprint density at radius 3 is 3.20 bits per heavy atom. The smallest absolute Gasteiger partial charge is 0.251 e. The minimum atomic E-state index is -0.325. The molecule has 0 aliphatic rings. The Balaban J connectivity index is 3.16. The third-order valence-electron chi connectivity index (χ3n) is 1.12. The maximum Gasteiger partial charge on any atom is 0.251 e. The van der Waals surface area contributed by atoms with Crippen molar-refractivity contribution in [2.24, 2.45) is 0 Å². The summed E-state index contributed by atoms with van der Waals surface area (Å²) in [6.07, 6.45) is 0. The molecule has 0 atom stereocenters. The minimum absolute atomic E-state index is 0.0307. The second-order valence-corrected chi connectivity index (χ2v) is 1.79. The number of amides is 1. The summed E-state index contributed by atoms with van der Waals surface area (Å²) in [5.74, 6) is -0.325. The first-order valence-electron chi connectivity index (χ1n) is 3.95. The van der Waals surface area contributed by atoms with E-state index in [9.17, 15) is 4.79 Å². The van der Waals surface area contributed by atoms with E-state index in [0.717, 1.165) is 0 Å². The maximum atomic E-state index is 11.1. The number of hydrogen-bond acceptors (Lipinski definition) is 1. The van der Waals surface area contributed by atoms with E-state index in [1.165, 1.54) is 19.2 Å². The van der Waals surface area contributed by atoms with E-state index in [1.54, 1.807) is 6.07 Å². The van der Waals surface area contributed by atoms with Gasteiger partial charge >= 0.3 is 0 Å². The molecule has 0 spiro atoms. The number of hydrogen-bond donors (Lipinski definition) is 1. The van der Waals surface area contributed by atoms with Gasteiger partial charge in [-0.2, -0.15) is 0 Å². The molecule has 0 saturated carbocycles. The first-order valence-corrected chi connectivity index (χ1v) is 2.95. The Morgan fingerprint density at radius 1 is 1.70 bits per heavy atom. The van der Waals surface area contributed by atoms with Gasteiger partial charge in [0, 0.05) is 12.6 Å². The van der Waals surface area contributed by atoms with E-state index in [2.05, 4.69) is 5.32 Å². The topological polar surface area (TPSA) is 29.1 Å². The molecular weight excluding hydrogens is 126 g/mol. The van der Waals surface area contributed by atoms with Crippen LogP contribution in [0.2, 0.25) is 0 Å². The van der Waals surface area contributed by atoms with Crippen molar-refractivity contribution in [1.82, 2.24) is 5.32 Å². The van der Waals surface area contributed by atoms with Gasteiger partial charge < -0.3 is 5.32 Å². The summed E-state index contributed by atoms with van der Waals surface area (Å²) in [6, 6.07) is 4.63. The fraction of sp³-hybridized carbons (Fsp3) is 0.125. The van der Waals surface area contributed by atoms with Crippen molar-refractivity contribution in [3.8, 4) is 0 Å². The van der Waals surface area contributed by atoms with E-state index < -0.39 is 0 Å². The van der Waals surface area contributed by atoms with Gasteiger partial charge in [-0.3, -0.25) is 4.79 Å². The molecule has 1 N–H and O–H groups in total. The summed E-state index contributed by atoms with van der Waals surface area (Å²) in [6.45, 7) is 0. The molecule has 1 rings (SSSR count). The van der Waals surface area contributed by atoms with Gasteiger partial charge in [0.05, 0.1) is 2.74 Å². The Labute approximate surface area is 62.7 Å². The largest absolute Gasteiger partial charge is 0.355 e. The molecule has 0 aliphatic carbocycles. The molecular formula is C8H9NO. The average molecular weight is 137 g/mol. The molecule has 0 aliphatic heterocycles. The zero-order valence-corrected chi connectivity index (χ0v) is 5.64. The molecule has 2 nitrogen and oxygen atoms in total. The molecule has 1 aromatic rings. The maximum absolute atomic E-state index is 11.1. The van der Waals surface area contributed by atoms with Crippen molar-refractivity contribution in [1.29, 1.82) is 0 Å². The Morgan fingerprint density at radius 2 is 2.50 bits per heavy atom. The average Bonchev–Trinajstić information content (AvgIpc) is 2.08. The van der Waals surface area contributed by atoms with Gasteiger partial charge in [-0.05, 0) is 12.1 Å². The van der Waals surface area contributed by atoms with Crippen molar-refractivity contribution in [3.05, 3.63) is 35.8 Å². The highest BCUT2D eigenvalue weighted by Gasteiger charge is 1.97. The van der Waals surface area contributed by atoms with Crippen LogP contribution in [-0.2, 0) is 0 Å². The Hall–Kier alpha value is -1.31. The molecule has 0 radical (unpaired) electrons. The van der Waals surface area contributed by atoms with Gasteiger partial charge in [-0.15, -0.1) is 0 Å². The predicted molar refractivity (Wildman–Crippen MR) is 39.8 cm³/mol. The van der Waals surface area contributed by atoms with Gasteiger partial charge in [-0.1, -0.05) is 18.2 Å². The van der Waals surface area contributed by atoms with Crippen LogP contribution in [0, 0.1) is 0 Å². The molecule has 1 aromatic carbocycles. The lowest BCUT2D eigenvalue weighted by Gasteiger charge is -1.96. The standard InChI is InChI=1S/C8H9NO/c1-9-8(10)7-5-3-2-4-6-7/h2-6H,1H3,(H,9,10)/i3D,5D. The number of nitrogens with one attached hydrogen (secondary N) is 1. The molecule has 0 heterocycles. The van der Waals surface area contributed by atoms with Gasteiger partial charge in [-0.25, -0.2) is 0 Å². The van der Waals surface area contributed by atoms with Crippen molar-refractivity contribution in [3.63, 3.8) is 0 Å². The molecule has 2 heteroatoms. The molecule has 0 unspecified atom stereocenters. The third-order valence-corrected chi connectivity index (χ3v) is 1.12. The zero-order valence-electron chi connectivity index (χ0n) is 7.64. The van der Waals surface area contributed by atoms with Crippen LogP contribution in [0.25, 0.3) is 0 Å². The predicted octanol–water partition coefficient (Wildman–Crippen LogP) is 1.05. The van der Waals surface area contributed by atoms with Crippen LogP contribution in [0.15, 0.2) is 30.3 Å².